The molecule has 0 aromatic carbocycles. The van der Waals surface area contributed by atoms with E-state index in [0.717, 1.165) is 6.29 Å². The molecule has 0 aromatic heterocycles. The van der Waals surface area contributed by atoms with E-state index in [-0.39, 0.29) is 44.6 Å². The molecule has 0 radical (unpaired) electrons. The fourth-order valence-corrected chi connectivity index (χ4v) is 7.55. The Balaban J connectivity index is 1.92. The number of likely N-dealkylation sites (N-methyl/N-ethyl adjacent to an activating group) is 1. The number of carbonyl (C=O) groups is 4. The van der Waals surface area contributed by atoms with Crippen LogP contribution < -0.4 is 0 Å². The van der Waals surface area contributed by atoms with Crippen molar-refractivity contribution in [1.29, 1.82) is 0 Å². The highest BCUT2D eigenvalue weighted by atomic mass is 16.8. The predicted octanol–water partition coefficient (Wildman–Crippen LogP) is 3.36. The summed E-state index contributed by atoms with van der Waals surface area (Å²) in [5, 5.41) is 34.3. The number of ether oxygens (including phenoxy) is 8. The number of aliphatic hydroxyl groups is 3. The average molecular weight is 800 g/mol. The van der Waals surface area contributed by atoms with Gasteiger partial charge in [0.05, 0.1) is 43.5 Å². The Hall–Kier alpha value is -2.96. The van der Waals surface area contributed by atoms with Crippen molar-refractivity contribution in [3.8, 4) is 0 Å². The Bertz CT molecular complexity index is 1320. The molecule has 0 saturated carbocycles. The summed E-state index contributed by atoms with van der Waals surface area (Å²) < 4.78 is 47.0. The molecule has 0 spiro atoms. The van der Waals surface area contributed by atoms with Crippen LogP contribution in [0.2, 0.25) is 0 Å². The Labute approximate surface area is 330 Å². The van der Waals surface area contributed by atoms with Gasteiger partial charge in [-0.2, -0.15) is 0 Å². The Morgan fingerprint density at radius 3 is 2.36 bits per heavy atom. The SMILES string of the molecule is CCOC(=O)O[C@H]1[C@H](C)O[C@@H](O[C@H]2[C@H](N(C)C)[C@@H](O)[C@H](O[C@@H]3C[C@H](OC(=O)CC)CC(=O)O[C@H](C)C/C=C/C=C/[C@H](O)[C@H](C)C[C@@H]3CC=O)O[C@@H]2C)C[C@@]1(C)O. The van der Waals surface area contributed by atoms with Crippen LogP contribution in [-0.2, 0) is 52.3 Å². The summed E-state index contributed by atoms with van der Waals surface area (Å²) in [6, 6.07) is -0.749. The third-order valence-electron chi connectivity index (χ3n) is 10.5. The Morgan fingerprint density at radius 1 is 1.02 bits per heavy atom. The number of esters is 2. The van der Waals surface area contributed by atoms with Crippen LogP contribution in [0.1, 0.15) is 93.4 Å². The van der Waals surface area contributed by atoms with Gasteiger partial charge in [0, 0.05) is 32.1 Å². The van der Waals surface area contributed by atoms with Crippen molar-refractivity contribution in [1.82, 2.24) is 4.90 Å². The van der Waals surface area contributed by atoms with E-state index < -0.39 is 103 Å². The number of carbonyl (C=O) groups excluding carboxylic acids is 4. The molecule has 2 saturated heterocycles. The third kappa shape index (κ3) is 13.9. The van der Waals surface area contributed by atoms with E-state index in [1.54, 1.807) is 71.8 Å². The van der Waals surface area contributed by atoms with Gasteiger partial charge >= 0.3 is 18.1 Å². The minimum atomic E-state index is -1.55. The van der Waals surface area contributed by atoms with Gasteiger partial charge in [-0.25, -0.2) is 4.79 Å². The zero-order chi connectivity index (χ0) is 41.7. The fourth-order valence-electron chi connectivity index (χ4n) is 7.55. The predicted molar refractivity (Wildman–Crippen MR) is 201 cm³/mol. The van der Waals surface area contributed by atoms with Crippen LogP contribution in [-0.4, -0.2) is 144 Å². The van der Waals surface area contributed by atoms with E-state index in [4.69, 9.17) is 37.9 Å². The lowest BCUT2D eigenvalue weighted by atomic mass is 9.83. The zero-order valence-electron chi connectivity index (χ0n) is 34.3. The first-order chi connectivity index (χ1) is 26.4. The zero-order valence-corrected chi connectivity index (χ0v) is 34.3. The van der Waals surface area contributed by atoms with E-state index in [1.165, 1.54) is 6.92 Å². The van der Waals surface area contributed by atoms with Gasteiger partial charge < -0.3 is 62.9 Å². The minimum absolute atomic E-state index is 0.000484. The second kappa shape index (κ2) is 22.3. The summed E-state index contributed by atoms with van der Waals surface area (Å²) in [5.74, 6) is -2.03. The molecule has 0 bridgehead atoms. The van der Waals surface area contributed by atoms with Gasteiger partial charge in [0.25, 0.3) is 0 Å². The van der Waals surface area contributed by atoms with E-state index in [1.807, 2.05) is 13.0 Å². The summed E-state index contributed by atoms with van der Waals surface area (Å²) in [7, 11) is 3.51. The van der Waals surface area contributed by atoms with Crippen LogP contribution in [0.4, 0.5) is 4.79 Å². The molecule has 3 heterocycles. The second-order valence-electron chi connectivity index (χ2n) is 15.6. The lowest BCUT2D eigenvalue weighted by Crippen LogP contribution is -2.65. The highest BCUT2D eigenvalue weighted by molar-refractivity contribution is 5.72. The third-order valence-corrected chi connectivity index (χ3v) is 10.5. The van der Waals surface area contributed by atoms with Gasteiger partial charge in [-0.15, -0.1) is 0 Å². The van der Waals surface area contributed by atoms with Gasteiger partial charge in [0.1, 0.15) is 36.3 Å². The molecule has 3 aliphatic rings. The first-order valence-electron chi connectivity index (χ1n) is 19.8. The van der Waals surface area contributed by atoms with E-state index in [2.05, 4.69) is 0 Å². The van der Waals surface area contributed by atoms with E-state index in [0.29, 0.717) is 12.8 Å². The molecule has 0 amide bonds. The number of aliphatic hydroxyl groups excluding tert-OH is 2. The van der Waals surface area contributed by atoms with Gasteiger partial charge in [0.2, 0.25) is 0 Å². The van der Waals surface area contributed by atoms with Crippen LogP contribution in [0.25, 0.3) is 0 Å². The van der Waals surface area contributed by atoms with Crippen molar-refractivity contribution >= 4 is 24.4 Å². The van der Waals surface area contributed by atoms with Crippen LogP contribution >= 0.6 is 0 Å². The van der Waals surface area contributed by atoms with Crippen molar-refractivity contribution in [2.24, 2.45) is 11.8 Å². The Morgan fingerprint density at radius 2 is 1.73 bits per heavy atom. The van der Waals surface area contributed by atoms with Crippen LogP contribution in [0.5, 0.6) is 0 Å². The monoisotopic (exact) mass is 799 g/mol. The van der Waals surface area contributed by atoms with Crippen molar-refractivity contribution < 1.29 is 72.4 Å². The second-order valence-corrected chi connectivity index (χ2v) is 15.6. The number of cyclic esters (lactones) is 1. The molecule has 3 N–H and O–H groups in total. The summed E-state index contributed by atoms with van der Waals surface area (Å²) >= 11 is 0. The van der Waals surface area contributed by atoms with E-state index >= 15 is 0 Å². The molecule has 3 aliphatic heterocycles. The van der Waals surface area contributed by atoms with Crippen LogP contribution in [0.3, 0.4) is 0 Å². The standard InChI is InChI=1S/C40H65NO15/c1-10-31(44)53-28-20-30(27(17-18-42)19-23(3)29(43)16-14-12-13-15-24(4)50-32(45)21-28)54-38-35(46)34(41(8)9)36(25(5)52-38)55-33-22-40(7,48)37(26(6)51-33)56-39(47)49-11-2/h12-14,16,18,23-30,33-38,43,46,48H,10-11,15,17,19-22H2,1-9H3/b13-12+,16-14+/t23-,24-,25-,26+,27+,28+,29+,30-,33+,34-,35-,36-,37+,38+,40-/m1/s1. The molecule has 56 heavy (non-hydrogen) atoms. The van der Waals surface area contributed by atoms with Crippen LogP contribution in [0, 0.1) is 11.8 Å². The summed E-state index contributed by atoms with van der Waals surface area (Å²) in [6.45, 7) is 11.9. The smallest absolute Gasteiger partial charge is 0.462 e. The molecule has 320 valence electrons. The summed E-state index contributed by atoms with van der Waals surface area (Å²) in [6.07, 6.45) is -3.08. The number of allylic oxidation sites excluding steroid dienone is 2. The average Bonchev–Trinajstić information content (AvgIpc) is 3.10. The number of rotatable bonds is 11. The molecular formula is C40H65NO15. The van der Waals surface area contributed by atoms with Crippen molar-refractivity contribution in [2.45, 2.75) is 173 Å². The highest BCUT2D eigenvalue weighted by Gasteiger charge is 2.52. The van der Waals surface area contributed by atoms with Crippen molar-refractivity contribution in [3.05, 3.63) is 24.3 Å². The highest BCUT2D eigenvalue weighted by Crippen LogP contribution is 2.37. The maximum absolute atomic E-state index is 13.1. The maximum atomic E-state index is 13.1. The molecule has 0 unspecified atom stereocenters. The van der Waals surface area contributed by atoms with Crippen molar-refractivity contribution in [2.75, 3.05) is 20.7 Å². The molecule has 0 aromatic rings. The summed E-state index contributed by atoms with van der Waals surface area (Å²) in [4.78, 5) is 51.7. The molecule has 15 atom stereocenters. The number of hydrogen-bond donors (Lipinski definition) is 3. The first-order valence-corrected chi connectivity index (χ1v) is 19.8. The number of hydrogen-bond acceptors (Lipinski definition) is 16. The normalized spacial score (nSPS) is 40.2. The van der Waals surface area contributed by atoms with Gasteiger partial charge in [-0.3, -0.25) is 9.59 Å². The fraction of sp³-hybridized carbons (Fsp3) is 0.800. The van der Waals surface area contributed by atoms with Crippen LogP contribution in [0.15, 0.2) is 24.3 Å². The van der Waals surface area contributed by atoms with Gasteiger partial charge in [-0.1, -0.05) is 38.2 Å². The number of nitrogens with zero attached hydrogens (tertiary/aromatic N) is 1. The lowest BCUT2D eigenvalue weighted by Gasteiger charge is -2.50. The summed E-state index contributed by atoms with van der Waals surface area (Å²) in [5.41, 5.74) is -1.55. The van der Waals surface area contributed by atoms with Crippen molar-refractivity contribution in [3.63, 3.8) is 0 Å². The van der Waals surface area contributed by atoms with Gasteiger partial charge in [-0.05, 0) is 67.0 Å². The number of aldehydes is 1. The molecule has 0 aliphatic carbocycles. The molecule has 2 fully saturated rings. The minimum Gasteiger partial charge on any atom is -0.462 e. The molecule has 16 heteroatoms. The first kappa shape index (κ1) is 47.4. The quantitative estimate of drug-likeness (QED) is 0.156. The molecule has 16 nitrogen and oxygen atoms in total. The Kier molecular flexibility index (Phi) is 18.8. The molecule has 3 rings (SSSR count). The lowest BCUT2D eigenvalue weighted by molar-refractivity contribution is -0.340. The topological polar surface area (TPSA) is 206 Å². The van der Waals surface area contributed by atoms with Gasteiger partial charge in [0.15, 0.2) is 18.7 Å². The van der Waals surface area contributed by atoms with E-state index in [9.17, 15) is 34.5 Å². The largest absolute Gasteiger partial charge is 0.508 e. The maximum Gasteiger partial charge on any atom is 0.508 e. The molecular weight excluding hydrogens is 734 g/mol.